The minimum atomic E-state index is -0.597. The van der Waals surface area contributed by atoms with Crippen LogP contribution in [0.25, 0.3) is 0 Å². The largest absolute Gasteiger partial charge is 0.389 e. The van der Waals surface area contributed by atoms with Gasteiger partial charge in [0.25, 0.3) is 0 Å². The smallest absolute Gasteiger partial charge is 0.322 e. The molecule has 1 atom stereocenters. The third kappa shape index (κ3) is 4.55. The number of carbonyl (C=O) groups is 2. The van der Waals surface area contributed by atoms with Gasteiger partial charge in [-0.05, 0) is 24.6 Å². The molecular formula is C14H21N3O3. The zero-order valence-electron chi connectivity index (χ0n) is 12.3. The molecule has 0 aliphatic rings. The van der Waals surface area contributed by atoms with Gasteiger partial charge in [-0.3, -0.25) is 4.79 Å². The number of nitrogens with zero attached hydrogens (tertiary/aromatic N) is 2. The molecule has 110 valence electrons. The molecule has 20 heavy (non-hydrogen) atoms. The predicted octanol–water partition coefficient (Wildman–Crippen LogP) is 1.29. The zero-order chi connectivity index (χ0) is 15.3. The summed E-state index contributed by atoms with van der Waals surface area (Å²) >= 11 is 0. The maximum Gasteiger partial charge on any atom is 0.322 e. The second-order valence-corrected chi connectivity index (χ2v) is 4.88. The van der Waals surface area contributed by atoms with E-state index in [2.05, 4.69) is 5.32 Å². The fourth-order valence-corrected chi connectivity index (χ4v) is 1.51. The van der Waals surface area contributed by atoms with Crippen molar-refractivity contribution in [3.05, 3.63) is 29.8 Å². The van der Waals surface area contributed by atoms with Gasteiger partial charge in [0.1, 0.15) is 6.54 Å². The Hall–Kier alpha value is -2.08. The number of hydrogen-bond acceptors (Lipinski definition) is 3. The number of anilines is 1. The van der Waals surface area contributed by atoms with Crippen LogP contribution in [-0.2, 0) is 4.79 Å². The normalized spacial score (nSPS) is 11.7. The number of aliphatic hydroxyl groups is 1. The number of carbonyl (C=O) groups excluding carboxylic acids is 2. The summed E-state index contributed by atoms with van der Waals surface area (Å²) in [5.41, 5.74) is 1.30. The molecule has 0 radical (unpaired) electrons. The Balaban J connectivity index is 2.66. The highest BCUT2D eigenvalue weighted by Crippen LogP contribution is 2.17. The highest BCUT2D eigenvalue weighted by atomic mass is 16.3. The molecule has 1 unspecified atom stereocenters. The van der Waals surface area contributed by atoms with Crippen LogP contribution in [0.15, 0.2) is 24.3 Å². The molecule has 1 rings (SSSR count). The molecule has 1 aromatic carbocycles. The molecule has 0 aromatic heterocycles. The molecule has 6 nitrogen and oxygen atoms in total. The Kier molecular flexibility index (Phi) is 5.52. The summed E-state index contributed by atoms with van der Waals surface area (Å²) in [5, 5.41) is 12.2. The molecule has 0 saturated carbocycles. The van der Waals surface area contributed by atoms with E-state index in [-0.39, 0.29) is 18.5 Å². The molecule has 0 aliphatic carbocycles. The van der Waals surface area contributed by atoms with Crippen molar-refractivity contribution in [1.29, 1.82) is 0 Å². The lowest BCUT2D eigenvalue weighted by Crippen LogP contribution is -2.39. The van der Waals surface area contributed by atoms with Crippen molar-refractivity contribution in [2.24, 2.45) is 0 Å². The lowest BCUT2D eigenvalue weighted by Gasteiger charge is -2.20. The first-order valence-electron chi connectivity index (χ1n) is 6.31. The number of likely N-dealkylation sites (N-methyl/N-ethyl adjacent to an activating group) is 2. The summed E-state index contributed by atoms with van der Waals surface area (Å²) in [7, 11) is 4.83. The van der Waals surface area contributed by atoms with Gasteiger partial charge < -0.3 is 20.2 Å². The van der Waals surface area contributed by atoms with Gasteiger partial charge in [0.15, 0.2) is 0 Å². The molecule has 6 heteroatoms. The number of nitrogens with one attached hydrogen (secondary N) is 1. The van der Waals surface area contributed by atoms with Gasteiger partial charge in [0.05, 0.1) is 6.10 Å². The van der Waals surface area contributed by atoms with Crippen LogP contribution in [0.4, 0.5) is 10.5 Å². The Labute approximate surface area is 119 Å². The first-order chi connectivity index (χ1) is 9.31. The number of benzene rings is 1. The van der Waals surface area contributed by atoms with E-state index in [0.29, 0.717) is 5.69 Å². The van der Waals surface area contributed by atoms with E-state index in [0.717, 1.165) is 5.56 Å². The molecule has 0 fully saturated rings. The first-order valence-corrected chi connectivity index (χ1v) is 6.31. The summed E-state index contributed by atoms with van der Waals surface area (Å²) in [6.45, 7) is 1.66. The Morgan fingerprint density at radius 1 is 1.30 bits per heavy atom. The maximum atomic E-state index is 11.9. The van der Waals surface area contributed by atoms with Crippen LogP contribution in [0, 0.1) is 0 Å². The summed E-state index contributed by atoms with van der Waals surface area (Å²) in [4.78, 5) is 26.2. The summed E-state index contributed by atoms with van der Waals surface area (Å²) in [5.74, 6) is -0.152. The quantitative estimate of drug-likeness (QED) is 0.872. The fourth-order valence-electron chi connectivity index (χ4n) is 1.51. The van der Waals surface area contributed by atoms with Crippen LogP contribution in [-0.4, -0.2) is 54.5 Å². The number of amides is 3. The van der Waals surface area contributed by atoms with Gasteiger partial charge in [-0.1, -0.05) is 12.1 Å². The number of urea groups is 1. The van der Waals surface area contributed by atoms with E-state index in [9.17, 15) is 14.7 Å². The molecule has 1 aromatic rings. The van der Waals surface area contributed by atoms with E-state index >= 15 is 0 Å². The van der Waals surface area contributed by atoms with Crippen molar-refractivity contribution in [2.75, 3.05) is 33.0 Å². The summed E-state index contributed by atoms with van der Waals surface area (Å²) < 4.78 is 0. The number of rotatable bonds is 4. The highest BCUT2D eigenvalue weighted by Gasteiger charge is 2.14. The lowest BCUT2D eigenvalue weighted by molar-refractivity contribution is -0.129. The molecule has 0 saturated heterocycles. The van der Waals surface area contributed by atoms with Crippen molar-refractivity contribution in [1.82, 2.24) is 9.80 Å². The van der Waals surface area contributed by atoms with E-state index < -0.39 is 6.10 Å². The first kappa shape index (κ1) is 16.0. The predicted molar refractivity (Wildman–Crippen MR) is 77.4 cm³/mol. The second-order valence-electron chi connectivity index (χ2n) is 4.88. The van der Waals surface area contributed by atoms with Crippen LogP contribution in [0.3, 0.4) is 0 Å². The second kappa shape index (κ2) is 6.91. The van der Waals surface area contributed by atoms with Crippen molar-refractivity contribution < 1.29 is 14.7 Å². The van der Waals surface area contributed by atoms with Crippen LogP contribution >= 0.6 is 0 Å². The molecule has 0 spiro atoms. The zero-order valence-corrected chi connectivity index (χ0v) is 12.3. The Bertz CT molecular complexity index is 486. The van der Waals surface area contributed by atoms with Crippen molar-refractivity contribution in [3.8, 4) is 0 Å². The summed E-state index contributed by atoms with van der Waals surface area (Å²) in [6.07, 6.45) is -0.597. The van der Waals surface area contributed by atoms with Gasteiger partial charge in [-0.2, -0.15) is 0 Å². The highest BCUT2D eigenvalue weighted by molar-refractivity contribution is 5.92. The minimum Gasteiger partial charge on any atom is -0.389 e. The van der Waals surface area contributed by atoms with Crippen molar-refractivity contribution in [2.45, 2.75) is 13.0 Å². The van der Waals surface area contributed by atoms with Gasteiger partial charge in [0, 0.05) is 26.8 Å². The van der Waals surface area contributed by atoms with E-state index in [4.69, 9.17) is 0 Å². The number of aliphatic hydroxyl groups excluding tert-OH is 1. The van der Waals surface area contributed by atoms with Crippen molar-refractivity contribution >= 4 is 17.6 Å². The molecule has 3 amide bonds. The fraction of sp³-hybridized carbons (Fsp3) is 0.429. The summed E-state index contributed by atoms with van der Waals surface area (Å²) in [6, 6.07) is 6.58. The van der Waals surface area contributed by atoms with Crippen LogP contribution in [0.2, 0.25) is 0 Å². The monoisotopic (exact) mass is 279 g/mol. The standard InChI is InChI=1S/C14H21N3O3/c1-10(18)11-6-5-7-12(8-11)15-14(20)17(4)9-13(19)16(2)3/h5-8,10,18H,9H2,1-4H3,(H,15,20). The van der Waals surface area contributed by atoms with Gasteiger partial charge in [-0.25, -0.2) is 4.79 Å². The molecular weight excluding hydrogens is 258 g/mol. The van der Waals surface area contributed by atoms with E-state index in [1.807, 2.05) is 0 Å². The van der Waals surface area contributed by atoms with Crippen LogP contribution < -0.4 is 5.32 Å². The Morgan fingerprint density at radius 3 is 2.50 bits per heavy atom. The van der Waals surface area contributed by atoms with E-state index in [1.165, 1.54) is 9.80 Å². The van der Waals surface area contributed by atoms with Crippen LogP contribution in [0.5, 0.6) is 0 Å². The van der Waals surface area contributed by atoms with Gasteiger partial charge >= 0.3 is 6.03 Å². The molecule has 2 N–H and O–H groups in total. The average Bonchev–Trinajstić information content (AvgIpc) is 2.38. The topological polar surface area (TPSA) is 72.9 Å². The van der Waals surface area contributed by atoms with Gasteiger partial charge in [0.2, 0.25) is 5.91 Å². The number of hydrogen-bond donors (Lipinski definition) is 2. The Morgan fingerprint density at radius 2 is 1.95 bits per heavy atom. The molecule has 0 aliphatic heterocycles. The molecule has 0 heterocycles. The van der Waals surface area contributed by atoms with Gasteiger partial charge in [-0.15, -0.1) is 0 Å². The average molecular weight is 279 g/mol. The van der Waals surface area contributed by atoms with Crippen LogP contribution in [0.1, 0.15) is 18.6 Å². The molecule has 0 bridgehead atoms. The SMILES string of the molecule is CC(O)c1cccc(NC(=O)N(C)CC(=O)N(C)C)c1. The third-order valence-corrected chi connectivity index (χ3v) is 2.84. The van der Waals surface area contributed by atoms with Crippen molar-refractivity contribution in [3.63, 3.8) is 0 Å². The third-order valence-electron chi connectivity index (χ3n) is 2.84. The minimum absolute atomic E-state index is 0.00886. The lowest BCUT2D eigenvalue weighted by atomic mass is 10.1. The maximum absolute atomic E-state index is 11.9. The van der Waals surface area contributed by atoms with E-state index in [1.54, 1.807) is 52.3 Å².